The van der Waals surface area contributed by atoms with Gasteiger partial charge in [0, 0.05) is 12.8 Å². The number of nitrogens with zero attached hydrogens (tertiary/aromatic N) is 1. The summed E-state index contributed by atoms with van der Waals surface area (Å²) in [4.78, 5) is 25.4. The fourth-order valence-corrected chi connectivity index (χ4v) is 4.54. The number of likely N-dealkylation sites (tertiary alicyclic amines) is 1. The number of methoxy groups -OCH3 is 1. The Hall–Kier alpha value is -1.88. The van der Waals surface area contributed by atoms with Crippen LogP contribution in [0.15, 0.2) is 18.2 Å². The molecule has 0 spiro atoms. The van der Waals surface area contributed by atoms with Crippen LogP contribution in [0, 0.1) is 6.92 Å². The van der Waals surface area contributed by atoms with Gasteiger partial charge in [-0.3, -0.25) is 4.79 Å². The number of benzene rings is 1. The average molecular weight is 345 g/mol. The lowest BCUT2D eigenvalue weighted by Gasteiger charge is -2.46. The van der Waals surface area contributed by atoms with Crippen molar-refractivity contribution in [2.75, 3.05) is 32.1 Å². The standard InChI is InChI=1S/C20H28N2O3/c1-4-22(13-6-5-7-14-22)20(11-12-20)19(24)21-17-15(2)9-8-10-16(17)18(23)25-3/h8-10H,4-7,11-14H2,1-3H3/p+1. The molecular formula is C20H29N2O3+. The lowest BCUT2D eigenvalue weighted by Crippen LogP contribution is -2.64. The van der Waals surface area contributed by atoms with E-state index in [0.717, 1.165) is 42.5 Å². The molecule has 1 aromatic rings. The van der Waals surface area contributed by atoms with Crippen LogP contribution in [-0.4, -0.2) is 48.6 Å². The zero-order chi connectivity index (χ0) is 18.1. The molecule has 0 radical (unpaired) electrons. The van der Waals surface area contributed by atoms with Gasteiger partial charge < -0.3 is 14.5 Å². The first-order valence-corrected chi connectivity index (χ1v) is 9.35. The van der Waals surface area contributed by atoms with Crippen LogP contribution in [0.2, 0.25) is 0 Å². The number of amides is 1. The molecule has 136 valence electrons. The van der Waals surface area contributed by atoms with Gasteiger partial charge in [-0.2, -0.15) is 0 Å². The van der Waals surface area contributed by atoms with Crippen LogP contribution < -0.4 is 5.32 Å². The zero-order valence-electron chi connectivity index (χ0n) is 15.6. The van der Waals surface area contributed by atoms with Crippen molar-refractivity contribution in [2.24, 2.45) is 0 Å². The highest BCUT2D eigenvalue weighted by Crippen LogP contribution is 2.49. The van der Waals surface area contributed by atoms with Gasteiger partial charge in [0.25, 0.3) is 5.91 Å². The summed E-state index contributed by atoms with van der Waals surface area (Å²) >= 11 is 0. The minimum atomic E-state index is -0.416. The summed E-state index contributed by atoms with van der Waals surface area (Å²) in [5.74, 6) is -0.350. The van der Waals surface area contributed by atoms with E-state index in [0.29, 0.717) is 11.3 Å². The van der Waals surface area contributed by atoms with Gasteiger partial charge in [-0.1, -0.05) is 12.1 Å². The fraction of sp³-hybridized carbons (Fsp3) is 0.600. The highest BCUT2D eigenvalue weighted by atomic mass is 16.5. The topological polar surface area (TPSA) is 55.4 Å². The second-order valence-corrected chi connectivity index (χ2v) is 7.44. The van der Waals surface area contributed by atoms with Crippen LogP contribution in [0.1, 0.15) is 54.9 Å². The number of esters is 1. The van der Waals surface area contributed by atoms with Crippen LogP contribution in [0.5, 0.6) is 0 Å². The van der Waals surface area contributed by atoms with Crippen molar-refractivity contribution in [2.45, 2.75) is 51.5 Å². The first kappa shape index (κ1) is 17.9. The third-order valence-electron chi connectivity index (χ3n) is 6.25. The van der Waals surface area contributed by atoms with Gasteiger partial charge in [0.2, 0.25) is 0 Å². The number of piperidine rings is 1. The van der Waals surface area contributed by atoms with E-state index in [1.54, 1.807) is 6.07 Å². The molecule has 0 atom stereocenters. The second kappa shape index (κ2) is 6.79. The van der Waals surface area contributed by atoms with E-state index < -0.39 is 5.97 Å². The van der Waals surface area contributed by atoms with Gasteiger partial charge in [-0.15, -0.1) is 0 Å². The number of likely N-dealkylation sites (N-methyl/N-ethyl adjacent to an activating group) is 1. The van der Waals surface area contributed by atoms with Gasteiger partial charge >= 0.3 is 5.97 Å². The minimum Gasteiger partial charge on any atom is -0.465 e. The predicted molar refractivity (Wildman–Crippen MR) is 97.5 cm³/mol. The summed E-state index contributed by atoms with van der Waals surface area (Å²) in [7, 11) is 1.36. The number of carbonyl (C=O) groups excluding carboxylic acids is 2. The monoisotopic (exact) mass is 345 g/mol. The van der Waals surface area contributed by atoms with Gasteiger partial charge in [0.1, 0.15) is 0 Å². The van der Waals surface area contributed by atoms with Crippen LogP contribution in [0.4, 0.5) is 5.69 Å². The molecule has 25 heavy (non-hydrogen) atoms. The summed E-state index contributed by atoms with van der Waals surface area (Å²) in [6.07, 6.45) is 5.53. The molecule has 2 aliphatic rings. The van der Waals surface area contributed by atoms with Crippen LogP contribution >= 0.6 is 0 Å². The first-order valence-electron chi connectivity index (χ1n) is 9.35. The molecule has 1 aromatic carbocycles. The number of para-hydroxylation sites is 1. The highest BCUT2D eigenvalue weighted by molar-refractivity contribution is 6.05. The van der Waals surface area contributed by atoms with Gasteiger partial charge in [-0.05, 0) is 44.7 Å². The molecular weight excluding hydrogens is 316 g/mol. The number of hydrogen-bond acceptors (Lipinski definition) is 3. The average Bonchev–Trinajstić information content (AvgIpc) is 3.45. The van der Waals surface area contributed by atoms with Crippen LogP contribution in [-0.2, 0) is 9.53 Å². The van der Waals surface area contributed by atoms with Crippen molar-refractivity contribution in [3.63, 3.8) is 0 Å². The minimum absolute atomic E-state index is 0.0655. The summed E-state index contributed by atoms with van der Waals surface area (Å²) in [5.41, 5.74) is 1.59. The third-order valence-corrected chi connectivity index (χ3v) is 6.25. The van der Waals surface area contributed by atoms with Crippen molar-refractivity contribution in [1.82, 2.24) is 0 Å². The number of ether oxygens (including phenoxy) is 1. The Balaban J connectivity index is 1.89. The second-order valence-electron chi connectivity index (χ2n) is 7.44. The molecule has 1 aliphatic heterocycles. The Kier molecular flexibility index (Phi) is 4.87. The quantitative estimate of drug-likeness (QED) is 0.658. The lowest BCUT2D eigenvalue weighted by atomic mass is 10.00. The summed E-state index contributed by atoms with van der Waals surface area (Å²) in [6.45, 7) is 7.27. The molecule has 3 rings (SSSR count). The fourth-order valence-electron chi connectivity index (χ4n) is 4.54. The largest absolute Gasteiger partial charge is 0.465 e. The van der Waals surface area contributed by atoms with Gasteiger partial charge in [0.05, 0.1) is 38.0 Å². The molecule has 5 nitrogen and oxygen atoms in total. The first-order chi connectivity index (χ1) is 12.0. The van der Waals surface area contributed by atoms with E-state index in [2.05, 4.69) is 12.2 Å². The van der Waals surface area contributed by atoms with Crippen LogP contribution in [0.3, 0.4) is 0 Å². The SMILES string of the molecule is CC[N+]1(C2(C(=O)Nc3c(C)cccc3C(=O)OC)CC2)CCCCC1. The van der Waals surface area contributed by atoms with E-state index >= 15 is 0 Å². The number of hydrogen-bond donors (Lipinski definition) is 1. The summed E-state index contributed by atoms with van der Waals surface area (Å²) in [6, 6.07) is 5.43. The Morgan fingerprint density at radius 3 is 2.44 bits per heavy atom. The Morgan fingerprint density at radius 2 is 1.88 bits per heavy atom. The molecule has 0 unspecified atom stereocenters. The van der Waals surface area contributed by atoms with E-state index in [-0.39, 0.29) is 11.4 Å². The van der Waals surface area contributed by atoms with E-state index in [1.165, 1.54) is 26.4 Å². The molecule has 0 aromatic heterocycles. The smallest absolute Gasteiger partial charge is 0.339 e. The highest BCUT2D eigenvalue weighted by Gasteiger charge is 2.65. The number of nitrogens with one attached hydrogen (secondary N) is 1. The van der Waals surface area contributed by atoms with Crippen molar-refractivity contribution in [3.05, 3.63) is 29.3 Å². The number of anilines is 1. The Bertz CT molecular complexity index is 674. The lowest BCUT2D eigenvalue weighted by molar-refractivity contribution is -0.955. The number of aryl methyl sites for hydroxylation is 1. The third kappa shape index (κ3) is 2.95. The van der Waals surface area contributed by atoms with Crippen molar-refractivity contribution in [1.29, 1.82) is 0 Å². The maximum atomic E-state index is 13.3. The van der Waals surface area contributed by atoms with Crippen molar-refractivity contribution >= 4 is 17.6 Å². The molecule has 1 amide bonds. The summed E-state index contributed by atoms with van der Waals surface area (Å²) in [5, 5.41) is 3.10. The van der Waals surface area contributed by atoms with Crippen molar-refractivity contribution < 1.29 is 18.8 Å². The van der Waals surface area contributed by atoms with E-state index in [1.807, 2.05) is 19.1 Å². The van der Waals surface area contributed by atoms with Gasteiger partial charge in [0.15, 0.2) is 5.54 Å². The Labute approximate surface area is 149 Å². The Morgan fingerprint density at radius 1 is 1.20 bits per heavy atom. The van der Waals surface area contributed by atoms with E-state index in [9.17, 15) is 9.59 Å². The molecule has 0 bridgehead atoms. The maximum absolute atomic E-state index is 13.3. The molecule has 1 saturated heterocycles. The summed E-state index contributed by atoms with van der Waals surface area (Å²) < 4.78 is 5.78. The normalized spacial score (nSPS) is 20.6. The van der Waals surface area contributed by atoms with Crippen molar-refractivity contribution in [3.8, 4) is 0 Å². The number of carbonyl (C=O) groups is 2. The molecule has 1 saturated carbocycles. The molecule has 1 N–H and O–H groups in total. The molecule has 2 fully saturated rings. The molecule has 1 aliphatic carbocycles. The number of rotatable bonds is 5. The predicted octanol–water partition coefficient (Wildman–Crippen LogP) is 3.27. The zero-order valence-corrected chi connectivity index (χ0v) is 15.6. The molecule has 5 heteroatoms. The van der Waals surface area contributed by atoms with Gasteiger partial charge in [-0.25, -0.2) is 4.79 Å². The molecule has 1 heterocycles. The van der Waals surface area contributed by atoms with Crippen LogP contribution in [0.25, 0.3) is 0 Å². The van der Waals surface area contributed by atoms with E-state index in [4.69, 9.17) is 4.74 Å². The number of quaternary nitrogens is 1. The maximum Gasteiger partial charge on any atom is 0.339 e.